The summed E-state index contributed by atoms with van der Waals surface area (Å²) in [7, 11) is 1.37. The van der Waals surface area contributed by atoms with E-state index in [2.05, 4.69) is 28.9 Å². The quantitative estimate of drug-likeness (QED) is 0.711. The third kappa shape index (κ3) is 3.21. The van der Waals surface area contributed by atoms with Crippen molar-refractivity contribution in [2.45, 2.75) is 19.9 Å². The van der Waals surface area contributed by atoms with Crippen molar-refractivity contribution in [3.63, 3.8) is 0 Å². The molecular formula is C9H16N2O2S. The van der Waals surface area contributed by atoms with Crippen LogP contribution in [0.15, 0.2) is 4.99 Å². The van der Waals surface area contributed by atoms with Crippen molar-refractivity contribution in [3.05, 3.63) is 0 Å². The molecule has 0 aromatic heterocycles. The molecule has 1 unspecified atom stereocenters. The zero-order valence-corrected chi connectivity index (χ0v) is 9.56. The van der Waals surface area contributed by atoms with E-state index < -0.39 is 0 Å². The fourth-order valence-corrected chi connectivity index (χ4v) is 2.26. The minimum atomic E-state index is -0.298. The topological polar surface area (TPSA) is 50.7 Å². The second-order valence-corrected chi connectivity index (χ2v) is 4.51. The van der Waals surface area contributed by atoms with E-state index in [-0.39, 0.29) is 12.5 Å². The van der Waals surface area contributed by atoms with E-state index in [0.717, 1.165) is 10.9 Å². The number of rotatable bonds is 3. The summed E-state index contributed by atoms with van der Waals surface area (Å²) in [4.78, 5) is 14.9. The van der Waals surface area contributed by atoms with E-state index in [4.69, 9.17) is 0 Å². The van der Waals surface area contributed by atoms with Gasteiger partial charge in [-0.2, -0.15) is 0 Å². The van der Waals surface area contributed by atoms with Gasteiger partial charge in [0, 0.05) is 11.8 Å². The number of hydrogen-bond acceptors (Lipinski definition) is 4. The molecule has 1 fully saturated rings. The van der Waals surface area contributed by atoms with Gasteiger partial charge in [0.2, 0.25) is 0 Å². The van der Waals surface area contributed by atoms with Crippen LogP contribution in [0, 0.1) is 5.92 Å². The molecular weight excluding hydrogens is 200 g/mol. The summed E-state index contributed by atoms with van der Waals surface area (Å²) in [6, 6.07) is 0.469. The summed E-state index contributed by atoms with van der Waals surface area (Å²) >= 11 is 1.66. The van der Waals surface area contributed by atoms with Crippen molar-refractivity contribution in [1.82, 2.24) is 5.32 Å². The number of amidine groups is 1. The first-order valence-corrected chi connectivity index (χ1v) is 5.62. The Labute approximate surface area is 88.5 Å². The maximum Gasteiger partial charge on any atom is 0.327 e. The van der Waals surface area contributed by atoms with Crippen LogP contribution in [0.3, 0.4) is 0 Å². The standard InChI is InChI=1S/C9H16N2O2S/c1-6(2)7-5-14-9(11-7)10-4-8(12)13-3/h6-7H,4-5H2,1-3H3,(H,10,11). The minimum Gasteiger partial charge on any atom is -0.468 e. The highest BCUT2D eigenvalue weighted by atomic mass is 32.2. The van der Waals surface area contributed by atoms with Crippen molar-refractivity contribution < 1.29 is 9.53 Å². The van der Waals surface area contributed by atoms with Gasteiger partial charge in [0.1, 0.15) is 6.54 Å². The second kappa shape index (κ2) is 5.24. The molecule has 1 aliphatic heterocycles. The molecule has 1 rings (SSSR count). The molecule has 80 valence electrons. The zero-order chi connectivity index (χ0) is 10.6. The first kappa shape index (κ1) is 11.4. The number of aliphatic imine (C=N–C) groups is 1. The molecule has 0 aromatic carbocycles. The number of esters is 1. The van der Waals surface area contributed by atoms with Gasteiger partial charge in [-0.05, 0) is 5.92 Å². The Morgan fingerprint density at radius 2 is 2.50 bits per heavy atom. The normalized spacial score (nSPS) is 24.0. The van der Waals surface area contributed by atoms with Crippen LogP contribution in [0.25, 0.3) is 0 Å². The predicted octanol–water partition coefficient (Wildman–Crippen LogP) is 0.876. The predicted molar refractivity (Wildman–Crippen MR) is 58.5 cm³/mol. The van der Waals surface area contributed by atoms with E-state index in [9.17, 15) is 4.79 Å². The molecule has 0 spiro atoms. The lowest BCUT2D eigenvalue weighted by Gasteiger charge is -2.12. The maximum absolute atomic E-state index is 10.8. The van der Waals surface area contributed by atoms with Gasteiger partial charge in [-0.1, -0.05) is 25.6 Å². The highest BCUT2D eigenvalue weighted by Crippen LogP contribution is 2.18. The van der Waals surface area contributed by atoms with Gasteiger partial charge in [0.15, 0.2) is 5.17 Å². The third-order valence-corrected chi connectivity index (χ3v) is 3.14. The van der Waals surface area contributed by atoms with Crippen LogP contribution in [0.2, 0.25) is 0 Å². The van der Waals surface area contributed by atoms with Crippen molar-refractivity contribution >= 4 is 22.9 Å². The number of ether oxygens (including phenoxy) is 1. The highest BCUT2D eigenvalue weighted by molar-refractivity contribution is 8.14. The fourth-order valence-electron chi connectivity index (χ4n) is 1.06. The Morgan fingerprint density at radius 1 is 1.79 bits per heavy atom. The molecule has 0 bridgehead atoms. The number of methoxy groups -OCH3 is 1. The molecule has 0 aliphatic carbocycles. The molecule has 1 heterocycles. The number of nitrogens with zero attached hydrogens (tertiary/aromatic N) is 1. The summed E-state index contributed by atoms with van der Waals surface area (Å²) in [5.41, 5.74) is 0. The minimum absolute atomic E-state index is 0.108. The van der Waals surface area contributed by atoms with Crippen LogP contribution >= 0.6 is 11.8 Å². The molecule has 5 heteroatoms. The monoisotopic (exact) mass is 216 g/mol. The summed E-state index contributed by atoms with van der Waals surface area (Å²) < 4.78 is 4.50. The van der Waals surface area contributed by atoms with Crippen LogP contribution in [-0.2, 0) is 9.53 Å². The first-order chi connectivity index (χ1) is 6.63. The van der Waals surface area contributed by atoms with Crippen LogP contribution in [-0.4, -0.2) is 36.6 Å². The molecule has 1 aliphatic rings. The molecule has 0 saturated carbocycles. The largest absolute Gasteiger partial charge is 0.468 e. The summed E-state index contributed by atoms with van der Waals surface area (Å²) in [6.45, 7) is 4.44. The van der Waals surface area contributed by atoms with E-state index >= 15 is 0 Å². The van der Waals surface area contributed by atoms with E-state index in [1.54, 1.807) is 11.8 Å². The van der Waals surface area contributed by atoms with Gasteiger partial charge >= 0.3 is 5.97 Å². The van der Waals surface area contributed by atoms with Crippen molar-refractivity contribution in [2.24, 2.45) is 10.9 Å². The lowest BCUT2D eigenvalue weighted by Crippen LogP contribution is -2.31. The molecule has 4 nitrogen and oxygen atoms in total. The van der Waals surface area contributed by atoms with Gasteiger partial charge in [-0.15, -0.1) is 0 Å². The van der Waals surface area contributed by atoms with Crippen LogP contribution < -0.4 is 5.32 Å². The number of hydrogen-bond donors (Lipinski definition) is 1. The summed E-state index contributed by atoms with van der Waals surface area (Å²) in [5, 5.41) is 4.13. The van der Waals surface area contributed by atoms with Gasteiger partial charge in [0.05, 0.1) is 7.11 Å². The molecule has 0 radical (unpaired) electrons. The van der Waals surface area contributed by atoms with Gasteiger partial charge in [-0.25, -0.2) is 0 Å². The van der Waals surface area contributed by atoms with E-state index in [0.29, 0.717) is 12.0 Å². The first-order valence-electron chi connectivity index (χ1n) is 4.64. The third-order valence-electron chi connectivity index (χ3n) is 2.09. The van der Waals surface area contributed by atoms with Gasteiger partial charge in [0.25, 0.3) is 0 Å². The molecule has 0 amide bonds. The molecule has 1 saturated heterocycles. The Bertz CT molecular complexity index is 241. The van der Waals surface area contributed by atoms with Crippen LogP contribution in [0.5, 0.6) is 0 Å². The summed E-state index contributed by atoms with van der Waals surface area (Å²) in [5.74, 6) is 1.32. The second-order valence-electron chi connectivity index (χ2n) is 3.50. The smallest absolute Gasteiger partial charge is 0.327 e. The van der Waals surface area contributed by atoms with Gasteiger partial charge in [-0.3, -0.25) is 9.79 Å². The van der Waals surface area contributed by atoms with Crippen molar-refractivity contribution in [1.29, 1.82) is 0 Å². The van der Waals surface area contributed by atoms with Crippen molar-refractivity contribution in [2.75, 3.05) is 19.4 Å². The average molecular weight is 216 g/mol. The maximum atomic E-state index is 10.8. The molecule has 14 heavy (non-hydrogen) atoms. The average Bonchev–Trinajstić information content (AvgIpc) is 2.62. The number of carbonyl (C=O) groups is 1. The SMILES string of the molecule is COC(=O)CN=C1NC(C(C)C)CS1. The fraction of sp³-hybridized carbons (Fsp3) is 0.778. The Balaban J connectivity index is 2.37. The Morgan fingerprint density at radius 3 is 3.00 bits per heavy atom. The lowest BCUT2D eigenvalue weighted by atomic mass is 10.1. The number of carbonyl (C=O) groups excluding carboxylic acids is 1. The zero-order valence-electron chi connectivity index (χ0n) is 8.74. The van der Waals surface area contributed by atoms with Crippen LogP contribution in [0.4, 0.5) is 0 Å². The van der Waals surface area contributed by atoms with E-state index in [1.807, 2.05) is 0 Å². The lowest BCUT2D eigenvalue weighted by molar-refractivity contribution is -0.138. The highest BCUT2D eigenvalue weighted by Gasteiger charge is 2.22. The molecule has 0 aromatic rings. The number of thioether (sulfide) groups is 1. The molecule has 1 atom stereocenters. The van der Waals surface area contributed by atoms with Gasteiger partial charge < -0.3 is 10.1 Å². The Kier molecular flexibility index (Phi) is 4.25. The van der Waals surface area contributed by atoms with Crippen LogP contribution in [0.1, 0.15) is 13.8 Å². The number of nitrogens with one attached hydrogen (secondary N) is 1. The van der Waals surface area contributed by atoms with E-state index in [1.165, 1.54) is 7.11 Å². The van der Waals surface area contributed by atoms with Crippen molar-refractivity contribution in [3.8, 4) is 0 Å². The summed E-state index contributed by atoms with van der Waals surface area (Å²) in [6.07, 6.45) is 0. The Hall–Kier alpha value is -0.710. The molecule has 1 N–H and O–H groups in total.